The van der Waals surface area contributed by atoms with Crippen LogP contribution >= 0.6 is 0 Å². The highest BCUT2D eigenvalue weighted by Gasteiger charge is 2.39. The van der Waals surface area contributed by atoms with Crippen molar-refractivity contribution in [2.75, 3.05) is 27.4 Å². The molecule has 0 aromatic heterocycles. The van der Waals surface area contributed by atoms with Gasteiger partial charge in [-0.2, -0.15) is 0 Å². The molecule has 1 heterocycles. The molecular weight excluding hydrogens is 362 g/mol. The predicted octanol–water partition coefficient (Wildman–Crippen LogP) is 2.56. The fraction of sp³-hybridized carbons (Fsp3) is 0.429. The van der Waals surface area contributed by atoms with Gasteiger partial charge in [-0.05, 0) is 37.5 Å². The number of ether oxygens (including phenoxy) is 3. The van der Waals surface area contributed by atoms with Gasteiger partial charge >= 0.3 is 5.97 Å². The number of dihydropyridines is 1. The van der Waals surface area contributed by atoms with Crippen molar-refractivity contribution in [1.82, 2.24) is 5.32 Å². The number of rotatable bonds is 6. The van der Waals surface area contributed by atoms with Crippen LogP contribution in [0.2, 0.25) is 0 Å². The van der Waals surface area contributed by atoms with Gasteiger partial charge in [0, 0.05) is 36.4 Å². The summed E-state index contributed by atoms with van der Waals surface area (Å²) in [7, 11) is 2.99. The lowest BCUT2D eigenvalue weighted by Crippen LogP contribution is -2.34. The molecule has 3 rings (SSSR count). The maximum Gasteiger partial charge on any atom is 0.336 e. The van der Waals surface area contributed by atoms with Crippen LogP contribution in [-0.2, 0) is 19.1 Å². The molecule has 0 unspecified atom stereocenters. The van der Waals surface area contributed by atoms with Crippen molar-refractivity contribution in [3.63, 3.8) is 0 Å². The highest BCUT2D eigenvalue weighted by atomic mass is 16.6. The summed E-state index contributed by atoms with van der Waals surface area (Å²) in [5, 5.41) is 13.2. The van der Waals surface area contributed by atoms with Crippen LogP contribution in [0.15, 0.2) is 40.7 Å². The predicted molar refractivity (Wildman–Crippen MR) is 102 cm³/mol. The lowest BCUT2D eigenvalue weighted by molar-refractivity contribution is -0.140. The maximum atomic E-state index is 12.9. The number of hydrogen-bond donors (Lipinski definition) is 2. The molecule has 28 heavy (non-hydrogen) atoms. The number of hydrogen-bond acceptors (Lipinski definition) is 7. The molecule has 1 aliphatic carbocycles. The third kappa shape index (κ3) is 3.75. The van der Waals surface area contributed by atoms with E-state index in [1.807, 2.05) is 0 Å². The molecule has 0 spiro atoms. The van der Waals surface area contributed by atoms with Gasteiger partial charge in [0.05, 0.1) is 19.3 Å². The van der Waals surface area contributed by atoms with E-state index in [1.54, 1.807) is 19.1 Å². The van der Waals surface area contributed by atoms with E-state index in [0.29, 0.717) is 28.8 Å². The first-order valence-corrected chi connectivity index (χ1v) is 9.25. The Bertz CT molecular complexity index is 854. The third-order valence-corrected chi connectivity index (χ3v) is 5.05. The Labute approximate surface area is 164 Å². The van der Waals surface area contributed by atoms with E-state index in [2.05, 4.69) is 5.32 Å². The molecule has 2 N–H and O–H groups in total. The number of carbonyl (C=O) groups is 2. The summed E-state index contributed by atoms with van der Waals surface area (Å²) in [6, 6.07) is 4.87. The molecule has 0 radical (unpaired) electrons. The lowest BCUT2D eigenvalue weighted by atomic mass is 9.75. The summed E-state index contributed by atoms with van der Waals surface area (Å²) in [6.45, 7) is 2.22. The molecular formula is C21H25NO6. The number of phenols is 1. The number of carbonyl (C=O) groups excluding carboxylic acids is 2. The van der Waals surface area contributed by atoms with Crippen LogP contribution < -0.4 is 10.1 Å². The second kappa shape index (κ2) is 8.48. The van der Waals surface area contributed by atoms with Crippen LogP contribution in [0.5, 0.6) is 11.5 Å². The molecule has 1 aliphatic heterocycles. The van der Waals surface area contributed by atoms with Crippen LogP contribution in [-0.4, -0.2) is 44.3 Å². The van der Waals surface area contributed by atoms with Gasteiger partial charge < -0.3 is 24.6 Å². The first-order chi connectivity index (χ1) is 13.5. The number of allylic oxidation sites excluding steroid dienone is 3. The molecule has 0 amide bonds. The summed E-state index contributed by atoms with van der Waals surface area (Å²) in [6.07, 6.45) is 1.96. The fourth-order valence-electron chi connectivity index (χ4n) is 3.76. The van der Waals surface area contributed by atoms with E-state index in [9.17, 15) is 14.7 Å². The smallest absolute Gasteiger partial charge is 0.336 e. The van der Waals surface area contributed by atoms with Gasteiger partial charge in [-0.1, -0.05) is 6.07 Å². The van der Waals surface area contributed by atoms with E-state index in [-0.39, 0.29) is 30.5 Å². The Morgan fingerprint density at radius 2 is 2.04 bits per heavy atom. The Kier molecular flexibility index (Phi) is 6.04. The summed E-state index contributed by atoms with van der Waals surface area (Å²) >= 11 is 0. The minimum atomic E-state index is -0.575. The maximum absolute atomic E-state index is 12.9. The van der Waals surface area contributed by atoms with Crippen LogP contribution in [0.1, 0.15) is 37.7 Å². The Hall–Kier alpha value is -2.80. The van der Waals surface area contributed by atoms with E-state index in [0.717, 1.165) is 18.5 Å². The molecule has 150 valence electrons. The van der Waals surface area contributed by atoms with Crippen LogP contribution in [0, 0.1) is 0 Å². The molecule has 0 saturated heterocycles. The zero-order chi connectivity index (χ0) is 20.3. The average molecular weight is 387 g/mol. The molecule has 1 aromatic carbocycles. The van der Waals surface area contributed by atoms with E-state index in [1.165, 1.54) is 20.3 Å². The van der Waals surface area contributed by atoms with Crippen LogP contribution in [0.25, 0.3) is 0 Å². The Morgan fingerprint density at radius 3 is 2.75 bits per heavy atom. The van der Waals surface area contributed by atoms with Crippen LogP contribution in [0.3, 0.4) is 0 Å². The topological polar surface area (TPSA) is 94.1 Å². The van der Waals surface area contributed by atoms with Gasteiger partial charge in [0.2, 0.25) is 0 Å². The van der Waals surface area contributed by atoms with Crippen molar-refractivity contribution in [3.05, 3.63) is 46.3 Å². The Balaban J connectivity index is 2.09. The largest absolute Gasteiger partial charge is 0.504 e. The number of esters is 1. The highest BCUT2D eigenvalue weighted by molar-refractivity contribution is 6.03. The lowest BCUT2D eigenvalue weighted by Gasteiger charge is -2.34. The SMILES string of the molecule is COCCOC(=O)C1=C(C)NC2=C(C(=O)CCC2)[C@H]1c1ccc(O)c(OC)c1. The molecule has 7 nitrogen and oxygen atoms in total. The van der Waals surface area contributed by atoms with Crippen molar-refractivity contribution in [2.45, 2.75) is 32.1 Å². The van der Waals surface area contributed by atoms with Crippen LogP contribution in [0.4, 0.5) is 0 Å². The number of nitrogens with one attached hydrogen (secondary N) is 1. The van der Waals surface area contributed by atoms with Gasteiger partial charge in [-0.25, -0.2) is 4.79 Å². The molecule has 1 aromatic rings. The third-order valence-electron chi connectivity index (χ3n) is 5.05. The monoisotopic (exact) mass is 387 g/mol. The fourth-order valence-corrected chi connectivity index (χ4v) is 3.76. The van der Waals surface area contributed by atoms with E-state index in [4.69, 9.17) is 14.2 Å². The molecule has 0 saturated carbocycles. The zero-order valence-electron chi connectivity index (χ0n) is 16.3. The van der Waals surface area contributed by atoms with Crippen molar-refractivity contribution in [1.29, 1.82) is 0 Å². The molecule has 1 atom stereocenters. The quantitative estimate of drug-likeness (QED) is 0.572. The van der Waals surface area contributed by atoms with Crippen molar-refractivity contribution in [2.24, 2.45) is 0 Å². The number of benzene rings is 1. The normalized spacial score (nSPS) is 19.2. The average Bonchev–Trinajstić information content (AvgIpc) is 2.67. The van der Waals surface area contributed by atoms with Crippen molar-refractivity contribution in [3.8, 4) is 11.5 Å². The number of phenolic OH excluding ortho intramolecular Hbond substituents is 1. The first-order valence-electron chi connectivity index (χ1n) is 9.25. The van der Waals surface area contributed by atoms with Gasteiger partial charge in [0.25, 0.3) is 0 Å². The minimum Gasteiger partial charge on any atom is -0.504 e. The number of Topliss-reactive ketones (excluding diaryl/α,β-unsaturated/α-hetero) is 1. The highest BCUT2D eigenvalue weighted by Crippen LogP contribution is 2.44. The second-order valence-corrected chi connectivity index (χ2v) is 6.83. The standard InChI is InChI=1S/C21H25NO6/c1-12-18(21(25)28-10-9-26-2)19(13-7-8-15(23)17(11-13)27-3)20-14(22-12)5-4-6-16(20)24/h7-8,11,19,22-23H,4-6,9-10H2,1-3H3/t19-/m0/s1. The van der Waals surface area contributed by atoms with Crippen molar-refractivity contribution >= 4 is 11.8 Å². The summed E-state index contributed by atoms with van der Waals surface area (Å²) in [4.78, 5) is 25.7. The Morgan fingerprint density at radius 1 is 1.25 bits per heavy atom. The number of ketones is 1. The molecule has 2 aliphatic rings. The molecule has 0 fully saturated rings. The van der Waals surface area contributed by atoms with E-state index >= 15 is 0 Å². The first kappa shape index (κ1) is 19.9. The zero-order valence-corrected chi connectivity index (χ0v) is 16.3. The van der Waals surface area contributed by atoms with Gasteiger partial charge in [0.1, 0.15) is 6.61 Å². The number of methoxy groups -OCH3 is 2. The summed E-state index contributed by atoms with van der Waals surface area (Å²) < 4.78 is 15.5. The summed E-state index contributed by atoms with van der Waals surface area (Å²) in [5.41, 5.74) is 3.17. The van der Waals surface area contributed by atoms with Gasteiger partial charge in [0.15, 0.2) is 17.3 Å². The van der Waals surface area contributed by atoms with E-state index < -0.39 is 11.9 Å². The van der Waals surface area contributed by atoms with Gasteiger partial charge in [-0.3, -0.25) is 4.79 Å². The second-order valence-electron chi connectivity index (χ2n) is 6.83. The van der Waals surface area contributed by atoms with Crippen molar-refractivity contribution < 1.29 is 28.9 Å². The minimum absolute atomic E-state index is 0.00530. The van der Waals surface area contributed by atoms with Gasteiger partial charge in [-0.15, -0.1) is 0 Å². The molecule has 0 bridgehead atoms. The molecule has 7 heteroatoms. The summed E-state index contributed by atoms with van der Waals surface area (Å²) in [5.74, 6) is -0.779. The number of aromatic hydroxyl groups is 1.